The van der Waals surface area contributed by atoms with Crippen molar-refractivity contribution in [2.45, 2.75) is 141 Å². The highest BCUT2D eigenvalue weighted by Crippen LogP contribution is 2.47. The molecule has 8 nitrogen and oxygen atoms in total. The van der Waals surface area contributed by atoms with Crippen molar-refractivity contribution in [1.29, 1.82) is 0 Å². The summed E-state index contributed by atoms with van der Waals surface area (Å²) in [4.78, 5) is 27.8. The van der Waals surface area contributed by atoms with Crippen LogP contribution in [-0.2, 0) is 25.1 Å². The lowest BCUT2D eigenvalue weighted by molar-refractivity contribution is -0.0179. The number of ether oxygens (including phenoxy) is 1. The Morgan fingerprint density at radius 3 is 1.67 bits per heavy atom. The lowest BCUT2D eigenvalue weighted by Gasteiger charge is -2.44. The van der Waals surface area contributed by atoms with E-state index in [1.165, 1.54) is 4.57 Å². The Bertz CT molecular complexity index is 1120. The summed E-state index contributed by atoms with van der Waals surface area (Å²) in [6, 6.07) is 0. The van der Waals surface area contributed by atoms with Gasteiger partial charge in [0.05, 0.1) is 12.2 Å². The van der Waals surface area contributed by atoms with Crippen LogP contribution in [0.25, 0.3) is 0 Å². The molecule has 0 bridgehead atoms. The molecule has 1 aliphatic heterocycles. The van der Waals surface area contributed by atoms with Crippen molar-refractivity contribution in [3.63, 3.8) is 0 Å². The number of hydrogen-bond donors (Lipinski definition) is 1. The highest BCUT2D eigenvalue weighted by molar-refractivity contribution is 6.75. The molecule has 0 aromatic carbocycles. The van der Waals surface area contributed by atoms with Gasteiger partial charge in [-0.3, -0.25) is 9.78 Å². The minimum atomic E-state index is -2.33. The highest BCUT2D eigenvalue weighted by Gasteiger charge is 2.55. The fraction of sp³-hybridized carbons (Fsp3) is 0.857. The molecule has 0 amide bonds. The molecule has 226 valence electrons. The van der Waals surface area contributed by atoms with Gasteiger partial charge in [-0.05, 0) is 54.4 Å². The van der Waals surface area contributed by atoms with Gasteiger partial charge in [0.25, 0.3) is 5.56 Å². The van der Waals surface area contributed by atoms with Crippen LogP contribution in [-0.4, -0.2) is 59.4 Å². The summed E-state index contributed by atoms with van der Waals surface area (Å²) in [6.07, 6.45) is -0.492. The molecule has 1 fully saturated rings. The molecular formula is C28H56N2O6Si3. The van der Waals surface area contributed by atoms with Crippen molar-refractivity contribution in [2.24, 2.45) is 7.05 Å². The zero-order valence-electron chi connectivity index (χ0n) is 27.5. The van der Waals surface area contributed by atoms with E-state index in [2.05, 4.69) is 107 Å². The first-order valence-corrected chi connectivity index (χ1v) is 22.9. The van der Waals surface area contributed by atoms with Gasteiger partial charge in [0, 0.05) is 13.2 Å². The Morgan fingerprint density at radius 2 is 1.23 bits per heavy atom. The maximum Gasteiger partial charge on any atom is 0.328 e. The second-order valence-electron chi connectivity index (χ2n) is 15.8. The number of hydrogen-bond acceptors (Lipinski definition) is 6. The predicted octanol–water partition coefficient (Wildman–Crippen LogP) is 6.32. The lowest BCUT2D eigenvalue weighted by Crippen LogP contribution is -2.54. The Balaban J connectivity index is 2.70. The molecule has 11 heteroatoms. The molecule has 1 aromatic rings. The predicted molar refractivity (Wildman–Crippen MR) is 167 cm³/mol. The number of H-pyrrole nitrogens is 1. The zero-order valence-corrected chi connectivity index (χ0v) is 30.5. The molecule has 1 saturated heterocycles. The molecule has 2 heterocycles. The van der Waals surface area contributed by atoms with Gasteiger partial charge in [0.15, 0.2) is 25.0 Å². The van der Waals surface area contributed by atoms with Gasteiger partial charge in [0.2, 0.25) is 0 Å². The smallest absolute Gasteiger partial charge is 0.328 e. The minimum Gasteiger partial charge on any atom is -0.414 e. The van der Waals surface area contributed by atoms with Gasteiger partial charge < -0.3 is 22.6 Å². The summed E-state index contributed by atoms with van der Waals surface area (Å²) < 4.78 is 29.0. The zero-order chi connectivity index (χ0) is 30.6. The van der Waals surface area contributed by atoms with Crippen LogP contribution < -0.4 is 11.2 Å². The third-order valence-electron chi connectivity index (χ3n) is 9.64. The summed E-state index contributed by atoms with van der Waals surface area (Å²) >= 11 is 0. The first-order chi connectivity index (χ1) is 17.2. The molecule has 0 unspecified atom stereocenters. The third-order valence-corrected chi connectivity index (χ3v) is 23.1. The van der Waals surface area contributed by atoms with Crippen molar-refractivity contribution in [3.8, 4) is 0 Å². The van der Waals surface area contributed by atoms with Gasteiger partial charge in [-0.15, -0.1) is 0 Å². The van der Waals surface area contributed by atoms with Gasteiger partial charge in [-0.2, -0.15) is 0 Å². The van der Waals surface area contributed by atoms with Crippen molar-refractivity contribution in [1.82, 2.24) is 9.55 Å². The normalized spacial score (nSPS) is 23.9. The number of nitrogens with one attached hydrogen (secondary N) is 1. The fourth-order valence-electron chi connectivity index (χ4n) is 3.71. The first kappa shape index (κ1) is 34.4. The monoisotopic (exact) mass is 600 g/mol. The van der Waals surface area contributed by atoms with Crippen LogP contribution in [0.15, 0.2) is 15.8 Å². The molecule has 2 rings (SSSR count). The first-order valence-electron chi connectivity index (χ1n) is 14.2. The van der Waals surface area contributed by atoms with E-state index in [1.54, 1.807) is 13.2 Å². The van der Waals surface area contributed by atoms with Crippen LogP contribution in [0.3, 0.4) is 0 Å². The van der Waals surface area contributed by atoms with Crippen molar-refractivity contribution in [3.05, 3.63) is 32.6 Å². The molecule has 0 saturated carbocycles. The summed E-state index contributed by atoms with van der Waals surface area (Å²) in [6.45, 7) is 33.6. The van der Waals surface area contributed by atoms with Crippen molar-refractivity contribution >= 4 is 25.0 Å². The molecule has 1 N–H and O–H groups in total. The molecule has 1 aromatic heterocycles. The Morgan fingerprint density at radius 1 is 0.795 bits per heavy atom. The maximum atomic E-state index is 13.1. The fourth-order valence-corrected chi connectivity index (χ4v) is 7.34. The van der Waals surface area contributed by atoms with Crippen LogP contribution in [0.1, 0.15) is 74.0 Å². The van der Waals surface area contributed by atoms with E-state index in [9.17, 15) is 9.59 Å². The van der Waals surface area contributed by atoms with Crippen LogP contribution in [0.2, 0.25) is 54.4 Å². The summed E-state index contributed by atoms with van der Waals surface area (Å²) in [5.74, 6) is 0. The average Bonchev–Trinajstić information content (AvgIpc) is 3.02. The summed E-state index contributed by atoms with van der Waals surface area (Å²) in [5, 5.41) is -0.0665. The largest absolute Gasteiger partial charge is 0.414 e. The molecule has 0 spiro atoms. The average molecular weight is 601 g/mol. The van der Waals surface area contributed by atoms with Crippen LogP contribution >= 0.6 is 0 Å². The van der Waals surface area contributed by atoms with Crippen molar-refractivity contribution < 1.29 is 18.0 Å². The Kier molecular flexibility index (Phi) is 9.79. The minimum absolute atomic E-state index is 0.0344. The second kappa shape index (κ2) is 11.1. The number of aromatic amines is 1. The van der Waals surface area contributed by atoms with Crippen LogP contribution in [0, 0.1) is 0 Å². The molecule has 0 radical (unpaired) electrons. The maximum absolute atomic E-state index is 13.1. The summed E-state index contributed by atoms with van der Waals surface area (Å²) in [5.41, 5.74) is -0.543. The third kappa shape index (κ3) is 7.52. The highest BCUT2D eigenvalue weighted by atomic mass is 28.4. The Labute approximate surface area is 239 Å². The van der Waals surface area contributed by atoms with Crippen LogP contribution in [0.4, 0.5) is 0 Å². The van der Waals surface area contributed by atoms with Gasteiger partial charge in [0.1, 0.15) is 24.4 Å². The van der Waals surface area contributed by atoms with Crippen LogP contribution in [0.5, 0.6) is 0 Å². The molecule has 0 aliphatic carbocycles. The Hall–Kier alpha value is -0.829. The molecule has 4 atom stereocenters. The quantitative estimate of drug-likeness (QED) is 0.351. The van der Waals surface area contributed by atoms with E-state index in [1.807, 2.05) is 0 Å². The van der Waals surface area contributed by atoms with E-state index in [0.29, 0.717) is 12.2 Å². The van der Waals surface area contributed by atoms with Crippen molar-refractivity contribution in [2.75, 3.05) is 6.61 Å². The molecule has 1 aliphatic rings. The topological polar surface area (TPSA) is 91.8 Å². The van der Waals surface area contributed by atoms with E-state index in [-0.39, 0.29) is 15.1 Å². The number of aromatic nitrogens is 2. The molecule has 39 heavy (non-hydrogen) atoms. The van der Waals surface area contributed by atoms with Gasteiger partial charge >= 0.3 is 5.69 Å². The lowest BCUT2D eigenvalue weighted by atomic mass is 10.0. The van der Waals surface area contributed by atoms with E-state index < -0.39 is 60.6 Å². The summed E-state index contributed by atoms with van der Waals surface area (Å²) in [7, 11) is -5.07. The standard InChI is InChI=1S/C28H56N2O6Si3/c1-26(2,3)37(11,12)33-18-20-22(35-38(13,14)27(4,5)6)23(36-39(15,16)28(7,8)9)21(34-20)19-17-30(10)25(32)29-24(19)31/h17,20-23H,18H2,1-16H3,(H,29,31,32)/t20-,21+,22-,23+/m1/s1. The number of aryl methyl sites for hydroxylation is 1. The van der Waals surface area contributed by atoms with E-state index in [0.717, 1.165) is 0 Å². The van der Waals surface area contributed by atoms with E-state index >= 15 is 0 Å². The van der Waals surface area contributed by atoms with Gasteiger partial charge in [-0.1, -0.05) is 62.3 Å². The number of rotatable bonds is 8. The SMILES string of the molecule is Cn1cc([C@@H]2O[C@H](CO[Si](C)(C)C(C)(C)C)[C@@H](O[Si](C)(C)C(C)(C)C)[C@H]2O[Si](C)(C)C(C)(C)C)c(=O)[nH]c1=O. The van der Waals surface area contributed by atoms with Gasteiger partial charge in [-0.25, -0.2) is 4.79 Å². The molecular weight excluding hydrogens is 545 g/mol. The number of nitrogens with zero attached hydrogens (tertiary/aromatic N) is 1. The van der Waals surface area contributed by atoms with E-state index in [4.69, 9.17) is 18.0 Å². The second-order valence-corrected chi connectivity index (χ2v) is 30.1.